The molecule has 1 aromatic heterocycles. The van der Waals surface area contributed by atoms with Gasteiger partial charge in [0.15, 0.2) is 0 Å². The molecular formula is C25H34ClN5O4. The SMILES string of the molecule is COCCCOc1cc(CN(C(=O)[C@H]2CNC[C@@H](Nc3cc(Cl)ncn3)C2)C2CC2)cc(OC)c1. The molecule has 10 heteroatoms. The van der Waals surface area contributed by atoms with Crippen molar-refractivity contribution in [1.82, 2.24) is 20.2 Å². The lowest BCUT2D eigenvalue weighted by Gasteiger charge is -2.34. The van der Waals surface area contributed by atoms with Gasteiger partial charge in [-0.1, -0.05) is 11.6 Å². The number of amides is 1. The number of benzene rings is 1. The number of hydrogen-bond acceptors (Lipinski definition) is 8. The third-order valence-electron chi connectivity index (χ3n) is 6.25. The smallest absolute Gasteiger partial charge is 0.227 e. The highest BCUT2D eigenvalue weighted by molar-refractivity contribution is 6.29. The minimum atomic E-state index is -0.116. The Balaban J connectivity index is 1.41. The average Bonchev–Trinajstić information content (AvgIpc) is 3.70. The molecule has 2 fully saturated rings. The number of nitrogens with one attached hydrogen (secondary N) is 2. The monoisotopic (exact) mass is 503 g/mol. The first-order valence-electron chi connectivity index (χ1n) is 12.1. The fourth-order valence-corrected chi connectivity index (χ4v) is 4.53. The number of piperidine rings is 1. The molecule has 35 heavy (non-hydrogen) atoms. The second-order valence-electron chi connectivity index (χ2n) is 9.07. The second-order valence-corrected chi connectivity index (χ2v) is 9.45. The molecule has 1 amide bonds. The molecule has 0 spiro atoms. The maximum Gasteiger partial charge on any atom is 0.227 e. The molecule has 0 radical (unpaired) electrons. The van der Waals surface area contributed by atoms with Gasteiger partial charge in [-0.15, -0.1) is 0 Å². The highest BCUT2D eigenvalue weighted by Gasteiger charge is 2.37. The molecule has 9 nitrogen and oxygen atoms in total. The van der Waals surface area contributed by atoms with Crippen LogP contribution >= 0.6 is 11.6 Å². The van der Waals surface area contributed by atoms with E-state index in [-0.39, 0.29) is 23.9 Å². The summed E-state index contributed by atoms with van der Waals surface area (Å²) in [5, 5.41) is 7.17. The zero-order chi connectivity index (χ0) is 24.6. The van der Waals surface area contributed by atoms with Gasteiger partial charge in [0.25, 0.3) is 0 Å². The van der Waals surface area contributed by atoms with Crippen molar-refractivity contribution < 1.29 is 19.0 Å². The Kier molecular flexibility index (Phi) is 9.01. The third-order valence-corrected chi connectivity index (χ3v) is 6.45. The Morgan fingerprint density at radius 1 is 1.14 bits per heavy atom. The standard InChI is InChI=1S/C25H34ClN5O4/c1-33-6-3-7-35-22-9-17(8-21(11-22)34-2)15-31(20-4-5-20)25(32)18-10-19(14-27-13-18)30-24-12-23(26)28-16-29-24/h8-9,11-12,16,18-20,27H,3-7,10,13-15H2,1-2H3,(H,28,29,30)/t18-,19+/m1/s1. The Bertz CT molecular complexity index is 990. The normalized spacial score (nSPS) is 19.7. The summed E-state index contributed by atoms with van der Waals surface area (Å²) in [5.74, 6) is 2.19. The third kappa shape index (κ3) is 7.43. The van der Waals surface area contributed by atoms with Crippen molar-refractivity contribution in [2.24, 2.45) is 5.92 Å². The maximum atomic E-state index is 13.7. The molecule has 1 aliphatic heterocycles. The van der Waals surface area contributed by atoms with Gasteiger partial charge in [0.1, 0.15) is 28.8 Å². The number of rotatable bonds is 12. The van der Waals surface area contributed by atoms with Crippen LogP contribution in [-0.4, -0.2) is 73.4 Å². The van der Waals surface area contributed by atoms with E-state index in [1.807, 2.05) is 23.1 Å². The molecule has 1 saturated heterocycles. The minimum absolute atomic E-state index is 0.0774. The fraction of sp³-hybridized carbons (Fsp3) is 0.560. The number of hydrogen-bond donors (Lipinski definition) is 2. The maximum absolute atomic E-state index is 13.7. The lowest BCUT2D eigenvalue weighted by molar-refractivity contribution is -0.137. The Morgan fingerprint density at radius 2 is 1.97 bits per heavy atom. The van der Waals surface area contributed by atoms with Gasteiger partial charge in [0.05, 0.1) is 19.6 Å². The van der Waals surface area contributed by atoms with Crippen LogP contribution in [0.3, 0.4) is 0 Å². The highest BCUT2D eigenvalue weighted by Crippen LogP contribution is 2.33. The van der Waals surface area contributed by atoms with Crippen LogP contribution in [0.4, 0.5) is 5.82 Å². The molecule has 1 saturated carbocycles. The Hall–Kier alpha value is -2.62. The summed E-state index contributed by atoms with van der Waals surface area (Å²) in [6.45, 7) is 3.16. The number of methoxy groups -OCH3 is 2. The number of anilines is 1. The van der Waals surface area contributed by atoms with Crippen molar-refractivity contribution in [3.05, 3.63) is 41.3 Å². The van der Waals surface area contributed by atoms with Crippen LogP contribution in [0.1, 0.15) is 31.2 Å². The van der Waals surface area contributed by atoms with E-state index < -0.39 is 0 Å². The van der Waals surface area contributed by atoms with Gasteiger partial charge in [0.2, 0.25) is 5.91 Å². The van der Waals surface area contributed by atoms with E-state index in [1.54, 1.807) is 20.3 Å². The predicted molar refractivity (Wildman–Crippen MR) is 134 cm³/mol. The van der Waals surface area contributed by atoms with E-state index in [2.05, 4.69) is 20.6 Å². The summed E-state index contributed by atoms with van der Waals surface area (Å²) in [7, 11) is 3.32. The lowest BCUT2D eigenvalue weighted by atomic mass is 9.94. The van der Waals surface area contributed by atoms with Crippen molar-refractivity contribution >= 4 is 23.3 Å². The first-order valence-corrected chi connectivity index (χ1v) is 12.5. The highest BCUT2D eigenvalue weighted by atomic mass is 35.5. The molecule has 0 unspecified atom stereocenters. The van der Waals surface area contributed by atoms with Gasteiger partial charge in [-0.05, 0) is 37.0 Å². The van der Waals surface area contributed by atoms with Crippen molar-refractivity contribution in [3.63, 3.8) is 0 Å². The molecule has 2 atom stereocenters. The van der Waals surface area contributed by atoms with Crippen molar-refractivity contribution in [2.75, 3.05) is 45.8 Å². The Labute approximate surface area is 211 Å². The van der Waals surface area contributed by atoms with Gasteiger partial charge in [-0.25, -0.2) is 9.97 Å². The predicted octanol–water partition coefficient (Wildman–Crippen LogP) is 3.14. The van der Waals surface area contributed by atoms with Gasteiger partial charge in [-0.3, -0.25) is 4.79 Å². The second kappa shape index (κ2) is 12.4. The van der Waals surface area contributed by atoms with E-state index in [9.17, 15) is 4.79 Å². The number of carbonyl (C=O) groups excluding carboxylic acids is 1. The van der Waals surface area contributed by atoms with Crippen LogP contribution in [0.15, 0.2) is 30.6 Å². The minimum Gasteiger partial charge on any atom is -0.497 e. The number of ether oxygens (including phenoxy) is 3. The van der Waals surface area contributed by atoms with Crippen LogP contribution in [0.25, 0.3) is 0 Å². The summed E-state index contributed by atoms with van der Waals surface area (Å²) in [4.78, 5) is 23.8. The van der Waals surface area contributed by atoms with Crippen LogP contribution in [0.5, 0.6) is 11.5 Å². The molecular weight excluding hydrogens is 470 g/mol. The van der Waals surface area contributed by atoms with Gasteiger partial charge >= 0.3 is 0 Å². The first-order chi connectivity index (χ1) is 17.1. The topological polar surface area (TPSA) is 97.8 Å². The van der Waals surface area contributed by atoms with Crippen LogP contribution in [0.2, 0.25) is 5.15 Å². The number of nitrogens with zero attached hydrogens (tertiary/aromatic N) is 3. The quantitative estimate of drug-likeness (QED) is 0.337. The Morgan fingerprint density at radius 3 is 2.71 bits per heavy atom. The molecule has 0 bridgehead atoms. The van der Waals surface area contributed by atoms with Gasteiger partial charge in [-0.2, -0.15) is 0 Å². The average molecular weight is 504 g/mol. The van der Waals surface area contributed by atoms with Crippen molar-refractivity contribution in [1.29, 1.82) is 0 Å². The molecule has 2 heterocycles. The summed E-state index contributed by atoms with van der Waals surface area (Å²) >= 11 is 5.99. The fourth-order valence-electron chi connectivity index (χ4n) is 4.38. The van der Waals surface area contributed by atoms with E-state index >= 15 is 0 Å². The summed E-state index contributed by atoms with van der Waals surface area (Å²) in [6.07, 6.45) is 5.04. The van der Waals surface area contributed by atoms with E-state index in [4.69, 9.17) is 25.8 Å². The number of halogens is 1. The summed E-state index contributed by atoms with van der Waals surface area (Å²) in [6, 6.07) is 7.91. The zero-order valence-corrected chi connectivity index (χ0v) is 21.1. The van der Waals surface area contributed by atoms with Crippen LogP contribution in [0, 0.1) is 5.92 Å². The van der Waals surface area contributed by atoms with Crippen LogP contribution in [-0.2, 0) is 16.1 Å². The van der Waals surface area contributed by atoms with Crippen molar-refractivity contribution in [2.45, 2.75) is 44.3 Å². The largest absolute Gasteiger partial charge is 0.497 e. The molecule has 2 aliphatic rings. The van der Waals surface area contributed by atoms with Crippen LogP contribution < -0.4 is 20.1 Å². The molecule has 190 valence electrons. The molecule has 4 rings (SSSR count). The first kappa shape index (κ1) is 25.5. The zero-order valence-electron chi connectivity index (χ0n) is 20.3. The molecule has 2 aromatic rings. The molecule has 2 N–H and O–H groups in total. The summed E-state index contributed by atoms with van der Waals surface area (Å²) < 4.78 is 16.5. The van der Waals surface area contributed by atoms with Crippen molar-refractivity contribution in [3.8, 4) is 11.5 Å². The van der Waals surface area contributed by atoms with Gasteiger partial charge < -0.3 is 29.7 Å². The van der Waals surface area contributed by atoms with E-state index in [1.165, 1.54) is 6.33 Å². The van der Waals surface area contributed by atoms with E-state index in [0.717, 1.165) is 49.3 Å². The number of aromatic nitrogens is 2. The number of carbonyl (C=O) groups is 1. The van der Waals surface area contributed by atoms with E-state index in [0.29, 0.717) is 37.3 Å². The lowest BCUT2D eigenvalue weighted by Crippen LogP contribution is -2.49. The van der Waals surface area contributed by atoms with Gasteiger partial charge in [0, 0.05) is 64.0 Å². The summed E-state index contributed by atoms with van der Waals surface area (Å²) in [5.41, 5.74) is 1.00. The molecule has 1 aromatic carbocycles. The molecule has 1 aliphatic carbocycles.